The number of nitrogens with one attached hydrogen (secondary N) is 1. The van der Waals surface area contributed by atoms with Crippen LogP contribution in [0.2, 0.25) is 0 Å². The van der Waals surface area contributed by atoms with Crippen molar-refractivity contribution in [3.63, 3.8) is 0 Å². The highest BCUT2D eigenvalue weighted by atomic mass is 32.2. The molecule has 0 bridgehead atoms. The maximum atomic E-state index is 13.4. The van der Waals surface area contributed by atoms with E-state index in [0.717, 1.165) is 5.56 Å². The molecule has 2 N–H and O–H groups in total. The predicted octanol–water partition coefficient (Wildman–Crippen LogP) is 5.04. The molecule has 1 heterocycles. The molecule has 0 aliphatic rings. The van der Waals surface area contributed by atoms with Crippen molar-refractivity contribution < 1.29 is 27.7 Å². The summed E-state index contributed by atoms with van der Waals surface area (Å²) in [7, 11) is -2.57. The molecule has 3 aromatic rings. The molecule has 0 aliphatic heterocycles. The summed E-state index contributed by atoms with van der Waals surface area (Å²) in [6, 6.07) is 13.6. The Labute approximate surface area is 218 Å². The maximum absolute atomic E-state index is 13.4. The number of hydrogen-bond donors (Lipinski definition) is 2. The number of rotatable bonds is 9. The first kappa shape index (κ1) is 28.2. The van der Waals surface area contributed by atoms with Crippen LogP contribution in [0, 0.1) is 0 Å². The van der Waals surface area contributed by atoms with Crippen LogP contribution in [0.1, 0.15) is 52.9 Å². The molecule has 1 aromatic heterocycles. The summed E-state index contributed by atoms with van der Waals surface area (Å²) in [4.78, 5) is 9.08. The van der Waals surface area contributed by atoms with Crippen LogP contribution in [0.5, 0.6) is 23.1 Å². The Morgan fingerprint density at radius 2 is 1.51 bits per heavy atom. The van der Waals surface area contributed by atoms with Crippen LogP contribution in [0.4, 0.5) is 5.82 Å². The van der Waals surface area contributed by atoms with Crippen molar-refractivity contribution >= 4 is 15.8 Å². The molecule has 0 unspecified atom stereocenters. The first-order valence-corrected chi connectivity index (χ1v) is 13.3. The van der Waals surface area contributed by atoms with Gasteiger partial charge in [0.05, 0.1) is 18.6 Å². The van der Waals surface area contributed by atoms with Crippen LogP contribution in [0.25, 0.3) is 0 Å². The molecule has 0 atom stereocenters. The molecule has 0 saturated carbocycles. The highest BCUT2D eigenvalue weighted by Crippen LogP contribution is 2.41. The first-order chi connectivity index (χ1) is 17.3. The molecule has 3 rings (SSSR count). The minimum atomic E-state index is -4.06. The van der Waals surface area contributed by atoms with Crippen molar-refractivity contribution in [2.24, 2.45) is 0 Å². The Morgan fingerprint density at radius 1 is 0.892 bits per heavy atom. The Hall–Kier alpha value is -3.37. The molecular formula is C27H35N3O6S. The van der Waals surface area contributed by atoms with Gasteiger partial charge in [-0.1, -0.05) is 65.8 Å². The second-order valence-corrected chi connectivity index (χ2v) is 12.2. The molecule has 0 aliphatic carbocycles. The van der Waals surface area contributed by atoms with Gasteiger partial charge in [-0.15, -0.1) is 0 Å². The van der Waals surface area contributed by atoms with Gasteiger partial charge < -0.3 is 19.3 Å². The molecule has 9 nitrogen and oxygen atoms in total. The lowest BCUT2D eigenvalue weighted by Crippen LogP contribution is -2.21. The summed E-state index contributed by atoms with van der Waals surface area (Å²) in [5, 5.41) is 9.36. The molecule has 37 heavy (non-hydrogen) atoms. The molecule has 10 heteroatoms. The number of para-hydroxylation sites is 2. The monoisotopic (exact) mass is 529 g/mol. The van der Waals surface area contributed by atoms with Crippen LogP contribution in [-0.4, -0.2) is 43.8 Å². The summed E-state index contributed by atoms with van der Waals surface area (Å²) in [6.07, 6.45) is 0. The van der Waals surface area contributed by atoms with Gasteiger partial charge in [0.25, 0.3) is 15.9 Å². The number of aromatic nitrogens is 2. The topological polar surface area (TPSA) is 120 Å². The van der Waals surface area contributed by atoms with Crippen molar-refractivity contribution in [3.8, 4) is 23.1 Å². The fourth-order valence-corrected chi connectivity index (χ4v) is 4.31. The molecule has 0 saturated heterocycles. The Morgan fingerprint density at radius 3 is 2.05 bits per heavy atom. The molecule has 200 valence electrons. The Bertz CT molecular complexity index is 1330. The van der Waals surface area contributed by atoms with Crippen molar-refractivity contribution in [3.05, 3.63) is 59.9 Å². The second kappa shape index (κ2) is 10.9. The van der Waals surface area contributed by atoms with E-state index in [1.807, 2.05) is 20.8 Å². The highest BCUT2D eigenvalue weighted by Gasteiger charge is 2.28. The molecule has 0 radical (unpaired) electrons. The van der Waals surface area contributed by atoms with Gasteiger partial charge in [0.1, 0.15) is 12.4 Å². The summed E-state index contributed by atoms with van der Waals surface area (Å²) in [6.45, 7) is 11.5. The smallest absolute Gasteiger partial charge is 0.263 e. The van der Waals surface area contributed by atoms with Crippen molar-refractivity contribution in [1.29, 1.82) is 0 Å². The standard InChI is InChI=1S/C27H35N3O6S/c1-26(2,3)18-12-14-19(15-13-18)37(32,33)30-23-22(36-21-11-9-8-10-20(21)34-7)24(35-17-16-31)29-25(28-23)27(4,5)6/h8-15,31H,16-17H2,1-7H3,(H,28,29,30). The number of hydrogen-bond acceptors (Lipinski definition) is 8. The first-order valence-electron chi connectivity index (χ1n) is 11.9. The number of aliphatic hydroxyl groups excluding tert-OH is 1. The lowest BCUT2D eigenvalue weighted by Gasteiger charge is -2.22. The quantitative estimate of drug-likeness (QED) is 0.395. The zero-order valence-electron chi connectivity index (χ0n) is 22.3. The van der Waals surface area contributed by atoms with Crippen LogP contribution < -0.4 is 18.9 Å². The number of methoxy groups -OCH3 is 1. The number of benzene rings is 2. The fraction of sp³-hybridized carbons (Fsp3) is 0.407. The molecule has 2 aromatic carbocycles. The lowest BCUT2D eigenvalue weighted by atomic mass is 9.87. The number of sulfonamides is 1. The van der Waals surface area contributed by atoms with Gasteiger partial charge in [-0.05, 0) is 35.2 Å². The van der Waals surface area contributed by atoms with Crippen LogP contribution in [-0.2, 0) is 20.9 Å². The minimum absolute atomic E-state index is 0.0133. The Balaban J connectivity index is 2.15. The van der Waals surface area contributed by atoms with Gasteiger partial charge in [0, 0.05) is 5.41 Å². The van der Waals surface area contributed by atoms with E-state index >= 15 is 0 Å². The third-order valence-electron chi connectivity index (χ3n) is 5.38. The van der Waals surface area contributed by atoms with E-state index in [2.05, 4.69) is 35.5 Å². The number of anilines is 1. The largest absolute Gasteiger partial charge is 0.493 e. The maximum Gasteiger partial charge on any atom is 0.263 e. The molecule has 0 amide bonds. The minimum Gasteiger partial charge on any atom is -0.493 e. The highest BCUT2D eigenvalue weighted by molar-refractivity contribution is 7.92. The zero-order chi connectivity index (χ0) is 27.4. The second-order valence-electron chi connectivity index (χ2n) is 10.5. The molecular weight excluding hydrogens is 494 g/mol. The van der Waals surface area contributed by atoms with E-state index in [0.29, 0.717) is 17.3 Å². The number of nitrogens with zero attached hydrogens (tertiary/aromatic N) is 2. The van der Waals surface area contributed by atoms with E-state index in [1.165, 1.54) is 7.11 Å². The van der Waals surface area contributed by atoms with Crippen LogP contribution in [0.15, 0.2) is 53.4 Å². The predicted molar refractivity (Wildman–Crippen MR) is 142 cm³/mol. The Kier molecular flexibility index (Phi) is 8.34. The van der Waals surface area contributed by atoms with E-state index in [4.69, 9.17) is 14.2 Å². The fourth-order valence-electron chi connectivity index (χ4n) is 3.30. The van der Waals surface area contributed by atoms with Gasteiger partial charge >= 0.3 is 0 Å². The average Bonchev–Trinajstić information content (AvgIpc) is 2.83. The average molecular weight is 530 g/mol. The van der Waals surface area contributed by atoms with E-state index < -0.39 is 15.4 Å². The van der Waals surface area contributed by atoms with E-state index in [1.54, 1.807) is 48.5 Å². The van der Waals surface area contributed by atoms with E-state index in [9.17, 15) is 13.5 Å². The van der Waals surface area contributed by atoms with Gasteiger partial charge in [-0.3, -0.25) is 4.72 Å². The molecule has 0 spiro atoms. The number of aliphatic hydroxyl groups is 1. The summed E-state index contributed by atoms with van der Waals surface area (Å²) in [5.41, 5.74) is 0.330. The van der Waals surface area contributed by atoms with Crippen LogP contribution in [0.3, 0.4) is 0 Å². The van der Waals surface area contributed by atoms with Gasteiger partial charge in [0.15, 0.2) is 17.3 Å². The van der Waals surface area contributed by atoms with Crippen molar-refractivity contribution in [2.75, 3.05) is 25.0 Å². The van der Waals surface area contributed by atoms with Gasteiger partial charge in [0.2, 0.25) is 5.75 Å². The summed E-state index contributed by atoms with van der Waals surface area (Å²) >= 11 is 0. The third-order valence-corrected chi connectivity index (χ3v) is 6.73. The SMILES string of the molecule is COc1ccccc1Oc1c(NS(=O)(=O)c2ccc(C(C)(C)C)cc2)nc(C(C)(C)C)nc1OCCO. The normalized spacial score (nSPS) is 12.2. The third kappa shape index (κ3) is 6.90. The van der Waals surface area contributed by atoms with Crippen molar-refractivity contribution in [1.82, 2.24) is 9.97 Å². The van der Waals surface area contributed by atoms with Gasteiger partial charge in [-0.25, -0.2) is 13.4 Å². The summed E-state index contributed by atoms with van der Waals surface area (Å²) in [5.74, 6) is 0.886. The lowest BCUT2D eigenvalue weighted by molar-refractivity contribution is 0.191. The van der Waals surface area contributed by atoms with Gasteiger partial charge in [-0.2, -0.15) is 4.98 Å². The summed E-state index contributed by atoms with van der Waals surface area (Å²) < 4.78 is 46.6. The van der Waals surface area contributed by atoms with Crippen molar-refractivity contribution in [2.45, 2.75) is 57.3 Å². The molecule has 0 fully saturated rings. The zero-order valence-corrected chi connectivity index (χ0v) is 23.1. The number of ether oxygens (including phenoxy) is 3. The van der Waals surface area contributed by atoms with Crippen LogP contribution >= 0.6 is 0 Å². The van der Waals surface area contributed by atoms with E-state index in [-0.39, 0.29) is 41.0 Å².